The van der Waals surface area contributed by atoms with Crippen LogP contribution in [0.1, 0.15) is 18.7 Å². The number of rotatable bonds is 9. The Balaban J connectivity index is 1.58. The third kappa shape index (κ3) is 5.28. The van der Waals surface area contributed by atoms with Crippen LogP contribution in [0, 0.1) is 0 Å². The average molecular weight is 583 g/mol. The normalized spacial score (nSPS) is 11.8. The van der Waals surface area contributed by atoms with E-state index in [4.69, 9.17) is 9.72 Å². The number of hydrogen-bond donors (Lipinski definition) is 0. The van der Waals surface area contributed by atoms with Gasteiger partial charge in [-0.1, -0.05) is 121 Å². The van der Waals surface area contributed by atoms with Crippen LogP contribution >= 0.6 is 0 Å². The predicted molar refractivity (Wildman–Crippen MR) is 174 cm³/mol. The highest BCUT2D eigenvalue weighted by Crippen LogP contribution is 2.37. The summed E-state index contributed by atoms with van der Waals surface area (Å²) in [5, 5.41) is 0. The summed E-state index contributed by atoms with van der Waals surface area (Å²) in [5.41, 5.74) is 6.63. The van der Waals surface area contributed by atoms with E-state index < -0.39 is 11.9 Å². The van der Waals surface area contributed by atoms with E-state index >= 15 is 0 Å². The van der Waals surface area contributed by atoms with Gasteiger partial charge in [0.15, 0.2) is 0 Å². The lowest BCUT2D eigenvalue weighted by Crippen LogP contribution is -2.30. The van der Waals surface area contributed by atoms with E-state index in [1.54, 1.807) is 23.1 Å². The minimum atomic E-state index is -0.855. The molecule has 1 unspecified atom stereocenters. The zero-order valence-electron chi connectivity index (χ0n) is 25.1. The van der Waals surface area contributed by atoms with Gasteiger partial charge in [0, 0.05) is 42.9 Å². The molecule has 6 rings (SSSR count). The zero-order chi connectivity index (χ0) is 30.6. The Labute approximate surface area is 256 Å². The molecule has 7 heteroatoms. The van der Waals surface area contributed by atoms with Crippen molar-refractivity contribution < 1.29 is 9.53 Å². The average Bonchev–Trinajstić information content (AvgIpc) is 3.54. The lowest BCUT2D eigenvalue weighted by Gasteiger charge is -2.18. The van der Waals surface area contributed by atoms with Gasteiger partial charge in [-0.3, -0.25) is 13.9 Å². The molecule has 0 N–H and O–H groups in total. The SMILES string of the molecule is CCOC(=O)C(Cn1c(-c2ccccc2)c(-c2ccccc2)n(C)c1=O)c1nc(-c2ccccc2)c(-c2ccccc2)n1C. The van der Waals surface area contributed by atoms with E-state index in [9.17, 15) is 9.59 Å². The van der Waals surface area contributed by atoms with E-state index in [0.29, 0.717) is 5.82 Å². The molecule has 0 saturated heterocycles. The Hall–Kier alpha value is -5.43. The fraction of sp³-hybridized carbons (Fsp3) is 0.162. The van der Waals surface area contributed by atoms with Crippen LogP contribution in [0.4, 0.5) is 0 Å². The van der Waals surface area contributed by atoms with Gasteiger partial charge in [0.1, 0.15) is 11.7 Å². The highest BCUT2D eigenvalue weighted by atomic mass is 16.5. The number of carbonyl (C=O) groups is 1. The summed E-state index contributed by atoms with van der Waals surface area (Å²) in [6.45, 7) is 2.05. The zero-order valence-corrected chi connectivity index (χ0v) is 25.1. The lowest BCUT2D eigenvalue weighted by atomic mass is 10.0. The molecule has 220 valence electrons. The van der Waals surface area contributed by atoms with Crippen LogP contribution in [0.2, 0.25) is 0 Å². The maximum absolute atomic E-state index is 14.1. The van der Waals surface area contributed by atoms with Crippen LogP contribution < -0.4 is 5.69 Å². The minimum Gasteiger partial charge on any atom is -0.465 e. The van der Waals surface area contributed by atoms with Gasteiger partial charge in [0.25, 0.3) is 0 Å². The predicted octanol–water partition coefficient (Wildman–Crippen LogP) is 6.94. The molecule has 0 saturated carbocycles. The number of aromatic nitrogens is 4. The summed E-state index contributed by atoms with van der Waals surface area (Å²) < 4.78 is 11.0. The number of benzene rings is 4. The molecule has 0 bridgehead atoms. The van der Waals surface area contributed by atoms with Crippen LogP contribution in [-0.4, -0.2) is 31.3 Å². The van der Waals surface area contributed by atoms with Crippen molar-refractivity contribution in [1.29, 1.82) is 0 Å². The van der Waals surface area contributed by atoms with Gasteiger partial charge < -0.3 is 9.30 Å². The van der Waals surface area contributed by atoms with Crippen molar-refractivity contribution in [3.05, 3.63) is 138 Å². The molecule has 7 nitrogen and oxygen atoms in total. The number of carbonyl (C=O) groups excluding carboxylic acids is 1. The van der Waals surface area contributed by atoms with Crippen LogP contribution in [0.3, 0.4) is 0 Å². The van der Waals surface area contributed by atoms with Crippen molar-refractivity contribution in [3.63, 3.8) is 0 Å². The fourth-order valence-corrected chi connectivity index (χ4v) is 5.88. The molecule has 0 aliphatic heterocycles. The second-order valence-electron chi connectivity index (χ2n) is 10.6. The second kappa shape index (κ2) is 12.4. The third-order valence-corrected chi connectivity index (χ3v) is 7.91. The Morgan fingerprint density at radius 3 is 1.61 bits per heavy atom. The maximum Gasteiger partial charge on any atom is 0.328 e. The van der Waals surface area contributed by atoms with Gasteiger partial charge >= 0.3 is 11.7 Å². The molecule has 2 heterocycles. The van der Waals surface area contributed by atoms with Crippen molar-refractivity contribution in [2.24, 2.45) is 14.1 Å². The summed E-state index contributed by atoms with van der Waals surface area (Å²) >= 11 is 0. The largest absolute Gasteiger partial charge is 0.465 e. The van der Waals surface area contributed by atoms with Crippen LogP contribution in [-0.2, 0) is 30.2 Å². The summed E-state index contributed by atoms with van der Waals surface area (Å²) in [6.07, 6.45) is 0. The first-order valence-corrected chi connectivity index (χ1v) is 14.7. The van der Waals surface area contributed by atoms with Crippen LogP contribution in [0.15, 0.2) is 126 Å². The minimum absolute atomic E-state index is 0.0515. The van der Waals surface area contributed by atoms with E-state index in [-0.39, 0.29) is 18.8 Å². The van der Waals surface area contributed by atoms with Gasteiger partial charge in [0.05, 0.1) is 29.4 Å². The molecule has 0 amide bonds. The molecule has 1 atom stereocenters. The molecule has 44 heavy (non-hydrogen) atoms. The fourth-order valence-electron chi connectivity index (χ4n) is 5.88. The van der Waals surface area contributed by atoms with Gasteiger partial charge in [0.2, 0.25) is 0 Å². The van der Waals surface area contributed by atoms with Crippen molar-refractivity contribution in [1.82, 2.24) is 18.7 Å². The molecular weight excluding hydrogens is 548 g/mol. The van der Waals surface area contributed by atoms with Crippen molar-refractivity contribution in [2.75, 3.05) is 6.61 Å². The number of imidazole rings is 2. The molecule has 2 aromatic heterocycles. The van der Waals surface area contributed by atoms with E-state index in [1.165, 1.54) is 0 Å². The van der Waals surface area contributed by atoms with Gasteiger partial charge in [-0.2, -0.15) is 0 Å². The highest BCUT2D eigenvalue weighted by molar-refractivity contribution is 5.83. The summed E-state index contributed by atoms with van der Waals surface area (Å²) in [7, 11) is 3.69. The molecule has 6 aromatic rings. The monoisotopic (exact) mass is 582 g/mol. The molecule has 0 aliphatic rings. The molecule has 0 spiro atoms. The van der Waals surface area contributed by atoms with E-state index in [1.807, 2.05) is 133 Å². The Bertz CT molecular complexity index is 1940. The molecule has 0 radical (unpaired) electrons. The number of nitrogens with zero attached hydrogens (tertiary/aromatic N) is 4. The molecule has 4 aromatic carbocycles. The first kappa shape index (κ1) is 28.7. The van der Waals surface area contributed by atoms with E-state index in [2.05, 4.69) is 0 Å². The molecule has 0 fully saturated rings. The summed E-state index contributed by atoms with van der Waals surface area (Å²) in [6, 6.07) is 39.6. The quantitative estimate of drug-likeness (QED) is 0.173. The molecule has 0 aliphatic carbocycles. The number of hydrogen-bond acceptors (Lipinski definition) is 4. The van der Waals surface area contributed by atoms with Crippen molar-refractivity contribution >= 4 is 5.97 Å². The first-order valence-electron chi connectivity index (χ1n) is 14.7. The first-order chi connectivity index (χ1) is 21.5. The van der Waals surface area contributed by atoms with Gasteiger partial charge in [-0.15, -0.1) is 0 Å². The maximum atomic E-state index is 14.1. The van der Waals surface area contributed by atoms with E-state index in [0.717, 1.165) is 45.0 Å². The number of ether oxygens (including phenoxy) is 1. The molecular formula is C37H34N4O3. The Morgan fingerprint density at radius 1 is 0.659 bits per heavy atom. The Morgan fingerprint density at radius 2 is 1.11 bits per heavy atom. The lowest BCUT2D eigenvalue weighted by molar-refractivity contribution is -0.145. The van der Waals surface area contributed by atoms with Crippen molar-refractivity contribution in [3.8, 4) is 45.0 Å². The van der Waals surface area contributed by atoms with Crippen LogP contribution in [0.5, 0.6) is 0 Å². The third-order valence-electron chi connectivity index (χ3n) is 7.91. The van der Waals surface area contributed by atoms with Crippen LogP contribution in [0.25, 0.3) is 45.0 Å². The summed E-state index contributed by atoms with van der Waals surface area (Å²) in [4.78, 5) is 33.0. The summed E-state index contributed by atoms with van der Waals surface area (Å²) in [5.74, 6) is -0.765. The highest BCUT2D eigenvalue weighted by Gasteiger charge is 2.33. The number of esters is 1. The topological polar surface area (TPSA) is 71.1 Å². The Kier molecular flexibility index (Phi) is 8.10. The standard InChI is InChI=1S/C37H34N4O3/c1-4-44-36(42)30(35-38-31(26-17-9-5-10-18-26)32(39(35)2)27-19-11-6-12-20-27)25-41-34(29-23-15-8-16-24-29)33(40(3)37(41)43)28-21-13-7-14-22-28/h5-24,30H,4,25H2,1-3H3. The smallest absolute Gasteiger partial charge is 0.328 e. The van der Waals surface area contributed by atoms with Gasteiger partial charge in [-0.25, -0.2) is 9.78 Å². The van der Waals surface area contributed by atoms with Crippen molar-refractivity contribution in [2.45, 2.75) is 19.4 Å². The second-order valence-corrected chi connectivity index (χ2v) is 10.6. The van der Waals surface area contributed by atoms with Gasteiger partial charge in [-0.05, 0) is 6.92 Å².